The van der Waals surface area contributed by atoms with Gasteiger partial charge in [0.25, 0.3) is 0 Å². The van der Waals surface area contributed by atoms with E-state index in [-0.39, 0.29) is 0 Å². The molecule has 0 amide bonds. The highest BCUT2D eigenvalue weighted by Gasteiger charge is 2.20. The first-order chi connectivity index (χ1) is 12.8. The summed E-state index contributed by atoms with van der Waals surface area (Å²) in [6, 6.07) is 11.7. The smallest absolute Gasteiger partial charge is 0.225 e. The van der Waals surface area contributed by atoms with Crippen LogP contribution in [-0.4, -0.2) is 46.1 Å². The van der Waals surface area contributed by atoms with E-state index in [2.05, 4.69) is 30.8 Å². The summed E-state index contributed by atoms with van der Waals surface area (Å²) in [6.45, 7) is 3.33. The molecule has 7 nitrogen and oxygen atoms in total. The van der Waals surface area contributed by atoms with Crippen molar-refractivity contribution in [3.05, 3.63) is 60.8 Å². The van der Waals surface area contributed by atoms with E-state index in [9.17, 15) is 0 Å². The number of piperazine rings is 1. The van der Waals surface area contributed by atoms with Gasteiger partial charge in [0.2, 0.25) is 5.95 Å². The molecule has 128 valence electrons. The number of hydrogen-bond acceptors (Lipinski definition) is 7. The molecule has 0 spiro atoms. The van der Waals surface area contributed by atoms with E-state index >= 15 is 0 Å². The van der Waals surface area contributed by atoms with Gasteiger partial charge < -0.3 is 9.80 Å². The highest BCUT2D eigenvalue weighted by Crippen LogP contribution is 2.21. The molecule has 0 saturated carbocycles. The second kappa shape index (κ2) is 7.15. The van der Waals surface area contributed by atoms with Crippen molar-refractivity contribution in [3.63, 3.8) is 0 Å². The Morgan fingerprint density at radius 1 is 0.923 bits per heavy atom. The Labute approximate surface area is 151 Å². The Morgan fingerprint density at radius 3 is 2.50 bits per heavy atom. The molecule has 1 fully saturated rings. The van der Waals surface area contributed by atoms with Gasteiger partial charge in [-0.2, -0.15) is 5.26 Å². The van der Waals surface area contributed by atoms with E-state index in [1.807, 2.05) is 30.3 Å². The van der Waals surface area contributed by atoms with Crippen molar-refractivity contribution in [2.45, 2.75) is 0 Å². The van der Waals surface area contributed by atoms with E-state index in [0.29, 0.717) is 5.69 Å². The van der Waals surface area contributed by atoms with Gasteiger partial charge >= 0.3 is 0 Å². The minimum absolute atomic E-state index is 0.442. The van der Waals surface area contributed by atoms with Gasteiger partial charge in [-0.05, 0) is 30.3 Å². The van der Waals surface area contributed by atoms with E-state index in [0.717, 1.165) is 49.1 Å². The predicted molar refractivity (Wildman–Crippen MR) is 98.6 cm³/mol. The number of pyridine rings is 2. The number of nitriles is 1. The van der Waals surface area contributed by atoms with Gasteiger partial charge in [0, 0.05) is 62.2 Å². The van der Waals surface area contributed by atoms with Crippen molar-refractivity contribution in [1.82, 2.24) is 19.9 Å². The molecule has 0 atom stereocenters. The molecule has 26 heavy (non-hydrogen) atoms. The van der Waals surface area contributed by atoms with Crippen molar-refractivity contribution >= 4 is 11.6 Å². The minimum Gasteiger partial charge on any atom is -0.368 e. The largest absolute Gasteiger partial charge is 0.368 e. The molecule has 0 aromatic carbocycles. The molecule has 0 N–H and O–H groups in total. The second-order valence-corrected chi connectivity index (χ2v) is 5.97. The van der Waals surface area contributed by atoms with Crippen LogP contribution in [0.5, 0.6) is 0 Å². The lowest BCUT2D eigenvalue weighted by molar-refractivity contribution is 0.640. The monoisotopic (exact) mass is 343 g/mol. The Hall–Kier alpha value is -3.53. The lowest BCUT2D eigenvalue weighted by Gasteiger charge is -2.36. The van der Waals surface area contributed by atoms with Crippen LogP contribution in [0.25, 0.3) is 11.3 Å². The zero-order valence-electron chi connectivity index (χ0n) is 14.2. The maximum absolute atomic E-state index is 9.01. The summed E-state index contributed by atoms with van der Waals surface area (Å²) in [6.07, 6.45) is 7.03. The second-order valence-electron chi connectivity index (χ2n) is 5.97. The highest BCUT2D eigenvalue weighted by atomic mass is 15.3. The SMILES string of the molecule is N#Cc1cc(N2CCN(c3nccc(-c4cccnc4)n3)CC2)ccn1. The fourth-order valence-corrected chi connectivity index (χ4v) is 3.02. The van der Waals surface area contributed by atoms with E-state index < -0.39 is 0 Å². The molecular weight excluding hydrogens is 326 g/mol. The van der Waals surface area contributed by atoms with Crippen LogP contribution >= 0.6 is 0 Å². The maximum Gasteiger partial charge on any atom is 0.225 e. The van der Waals surface area contributed by atoms with Crippen molar-refractivity contribution in [1.29, 1.82) is 5.26 Å². The summed E-state index contributed by atoms with van der Waals surface area (Å²) < 4.78 is 0. The summed E-state index contributed by atoms with van der Waals surface area (Å²) in [5.74, 6) is 0.735. The maximum atomic E-state index is 9.01. The van der Waals surface area contributed by atoms with Crippen LogP contribution in [0.1, 0.15) is 5.69 Å². The van der Waals surface area contributed by atoms with Crippen LogP contribution in [0.2, 0.25) is 0 Å². The number of rotatable bonds is 3. The number of nitrogens with zero attached hydrogens (tertiary/aromatic N) is 7. The van der Waals surface area contributed by atoms with Crippen LogP contribution < -0.4 is 9.80 Å². The van der Waals surface area contributed by atoms with Gasteiger partial charge in [-0.25, -0.2) is 15.0 Å². The zero-order chi connectivity index (χ0) is 17.8. The summed E-state index contributed by atoms with van der Waals surface area (Å²) in [4.78, 5) is 21.8. The predicted octanol–water partition coefficient (Wildman–Crippen LogP) is 2.13. The first-order valence-electron chi connectivity index (χ1n) is 8.43. The zero-order valence-corrected chi connectivity index (χ0v) is 14.2. The van der Waals surface area contributed by atoms with Crippen LogP contribution in [-0.2, 0) is 0 Å². The summed E-state index contributed by atoms with van der Waals surface area (Å²) >= 11 is 0. The molecule has 0 aliphatic carbocycles. The molecule has 3 aromatic rings. The molecular formula is C19H17N7. The third-order valence-corrected chi connectivity index (χ3v) is 4.39. The average Bonchev–Trinajstić information content (AvgIpc) is 2.75. The molecule has 1 saturated heterocycles. The molecule has 4 rings (SSSR count). The average molecular weight is 343 g/mol. The third kappa shape index (κ3) is 3.30. The third-order valence-electron chi connectivity index (χ3n) is 4.39. The molecule has 7 heteroatoms. The van der Waals surface area contributed by atoms with Crippen molar-refractivity contribution in [3.8, 4) is 17.3 Å². The number of anilines is 2. The highest BCUT2D eigenvalue weighted by molar-refractivity contribution is 5.59. The van der Waals surface area contributed by atoms with E-state index in [4.69, 9.17) is 10.2 Å². The topological polar surface area (TPSA) is 81.8 Å². The first-order valence-corrected chi connectivity index (χ1v) is 8.43. The Kier molecular flexibility index (Phi) is 4.39. The van der Waals surface area contributed by atoms with Crippen LogP contribution in [0.3, 0.4) is 0 Å². The van der Waals surface area contributed by atoms with Crippen LogP contribution in [0, 0.1) is 11.3 Å². The number of hydrogen-bond donors (Lipinski definition) is 0. The van der Waals surface area contributed by atoms with Crippen LogP contribution in [0.4, 0.5) is 11.6 Å². The lowest BCUT2D eigenvalue weighted by atomic mass is 10.2. The quantitative estimate of drug-likeness (QED) is 0.720. The van der Waals surface area contributed by atoms with Gasteiger partial charge in [0.05, 0.1) is 5.69 Å². The molecule has 0 unspecified atom stereocenters. The summed E-state index contributed by atoms with van der Waals surface area (Å²) in [5, 5.41) is 9.01. The van der Waals surface area contributed by atoms with Crippen molar-refractivity contribution in [2.24, 2.45) is 0 Å². The molecule has 3 aromatic heterocycles. The summed E-state index contributed by atoms with van der Waals surface area (Å²) in [7, 11) is 0. The van der Waals surface area contributed by atoms with Crippen molar-refractivity contribution < 1.29 is 0 Å². The van der Waals surface area contributed by atoms with Gasteiger partial charge in [0.1, 0.15) is 11.8 Å². The summed E-state index contributed by atoms with van der Waals surface area (Å²) in [5.41, 5.74) is 3.33. The van der Waals surface area contributed by atoms with Gasteiger partial charge in [0.15, 0.2) is 0 Å². The standard InChI is InChI=1S/C19H17N7/c20-13-16-12-17(3-6-22-16)25-8-10-26(11-9-25)19-23-7-4-18(24-19)15-2-1-5-21-14-15/h1-7,12,14H,8-11H2. The van der Waals surface area contributed by atoms with Gasteiger partial charge in [-0.15, -0.1) is 0 Å². The fraction of sp³-hybridized carbons (Fsp3) is 0.211. The molecule has 4 heterocycles. The lowest BCUT2D eigenvalue weighted by Crippen LogP contribution is -2.47. The minimum atomic E-state index is 0.442. The van der Waals surface area contributed by atoms with Crippen molar-refractivity contribution in [2.75, 3.05) is 36.0 Å². The molecule has 1 aliphatic rings. The fourth-order valence-electron chi connectivity index (χ4n) is 3.02. The van der Waals surface area contributed by atoms with E-state index in [1.54, 1.807) is 24.8 Å². The van der Waals surface area contributed by atoms with Gasteiger partial charge in [-0.3, -0.25) is 4.98 Å². The molecule has 0 bridgehead atoms. The Bertz CT molecular complexity index is 928. The number of aromatic nitrogens is 4. The first kappa shape index (κ1) is 16.0. The Morgan fingerprint density at radius 2 is 1.73 bits per heavy atom. The normalized spacial score (nSPS) is 14.1. The van der Waals surface area contributed by atoms with Gasteiger partial charge in [-0.1, -0.05) is 0 Å². The Balaban J connectivity index is 1.47. The van der Waals surface area contributed by atoms with Crippen LogP contribution in [0.15, 0.2) is 55.1 Å². The van der Waals surface area contributed by atoms with E-state index in [1.165, 1.54) is 0 Å². The molecule has 1 aliphatic heterocycles. The molecule has 0 radical (unpaired) electrons.